The molecule has 4 nitrogen and oxygen atoms in total. The fraction of sp³-hybridized carbons (Fsp3) is 0.600. The fourth-order valence-electron chi connectivity index (χ4n) is 2.50. The number of aromatic nitrogens is 1. The highest BCUT2D eigenvalue weighted by Gasteiger charge is 2.23. The Bertz CT molecular complexity index is 399. The number of nitrogens with zero attached hydrogens (tertiary/aromatic N) is 2. The summed E-state index contributed by atoms with van der Waals surface area (Å²) in [7, 11) is 0. The highest BCUT2D eigenvalue weighted by molar-refractivity contribution is 5.76. The summed E-state index contributed by atoms with van der Waals surface area (Å²) in [6.07, 6.45) is 5.37. The molecule has 1 N–H and O–H groups in total. The molecule has 1 atom stereocenters. The Kier molecular flexibility index (Phi) is 4.91. The molecule has 0 aromatic carbocycles. The zero-order valence-corrected chi connectivity index (χ0v) is 11.8. The largest absolute Gasteiger partial charge is 0.336 e. The first-order chi connectivity index (χ1) is 9.16. The molecule has 104 valence electrons. The topological polar surface area (TPSA) is 45.2 Å². The Labute approximate surface area is 115 Å². The number of amides is 1. The van der Waals surface area contributed by atoms with Crippen molar-refractivity contribution in [2.75, 3.05) is 13.1 Å². The summed E-state index contributed by atoms with van der Waals surface area (Å²) >= 11 is 0. The second kappa shape index (κ2) is 6.66. The van der Waals surface area contributed by atoms with Crippen molar-refractivity contribution in [3.8, 4) is 0 Å². The van der Waals surface area contributed by atoms with Crippen LogP contribution in [0.3, 0.4) is 0 Å². The van der Waals surface area contributed by atoms with Gasteiger partial charge in [-0.05, 0) is 50.9 Å². The van der Waals surface area contributed by atoms with Crippen molar-refractivity contribution in [2.24, 2.45) is 5.92 Å². The van der Waals surface area contributed by atoms with Crippen LogP contribution in [0, 0.1) is 5.92 Å². The number of rotatable bonds is 5. The number of hydrogen-bond donors (Lipinski definition) is 1. The molecule has 1 amide bonds. The second-order valence-corrected chi connectivity index (χ2v) is 5.54. The van der Waals surface area contributed by atoms with Gasteiger partial charge in [0, 0.05) is 31.4 Å². The van der Waals surface area contributed by atoms with Gasteiger partial charge in [-0.2, -0.15) is 0 Å². The van der Waals surface area contributed by atoms with Gasteiger partial charge in [0.2, 0.25) is 5.91 Å². The van der Waals surface area contributed by atoms with Crippen LogP contribution in [0.4, 0.5) is 0 Å². The Balaban J connectivity index is 1.96. The van der Waals surface area contributed by atoms with Crippen LogP contribution in [0.5, 0.6) is 0 Å². The smallest absolute Gasteiger partial charge is 0.223 e. The van der Waals surface area contributed by atoms with E-state index in [0.717, 1.165) is 25.1 Å². The summed E-state index contributed by atoms with van der Waals surface area (Å²) in [5.41, 5.74) is 1.09. The standard InChI is InChI=1S/C15H23N3O/c1-12(2)18(11-14-4-3-6-16-10-14)15(19)8-13-5-7-17-9-13/h3-4,6,10,12-13,17H,5,7-9,11H2,1-2H3. The van der Waals surface area contributed by atoms with E-state index in [9.17, 15) is 4.79 Å². The zero-order chi connectivity index (χ0) is 13.7. The summed E-state index contributed by atoms with van der Waals surface area (Å²) < 4.78 is 0. The van der Waals surface area contributed by atoms with Gasteiger partial charge >= 0.3 is 0 Å². The zero-order valence-electron chi connectivity index (χ0n) is 11.8. The van der Waals surface area contributed by atoms with Gasteiger partial charge in [-0.3, -0.25) is 9.78 Å². The molecule has 1 saturated heterocycles. The van der Waals surface area contributed by atoms with Crippen LogP contribution in [0.25, 0.3) is 0 Å². The first kappa shape index (κ1) is 14.0. The minimum atomic E-state index is 0.224. The average molecular weight is 261 g/mol. The lowest BCUT2D eigenvalue weighted by atomic mass is 10.0. The van der Waals surface area contributed by atoms with Crippen molar-refractivity contribution in [1.82, 2.24) is 15.2 Å². The maximum absolute atomic E-state index is 12.4. The van der Waals surface area contributed by atoms with Crippen LogP contribution in [0.1, 0.15) is 32.3 Å². The van der Waals surface area contributed by atoms with Gasteiger partial charge in [0.25, 0.3) is 0 Å². The molecule has 0 radical (unpaired) electrons. The summed E-state index contributed by atoms with van der Waals surface area (Å²) in [5, 5.41) is 3.31. The van der Waals surface area contributed by atoms with Crippen molar-refractivity contribution in [2.45, 2.75) is 39.3 Å². The number of nitrogens with one attached hydrogen (secondary N) is 1. The molecule has 1 unspecified atom stereocenters. The molecular weight excluding hydrogens is 238 g/mol. The molecule has 4 heteroatoms. The van der Waals surface area contributed by atoms with Gasteiger partial charge in [0.05, 0.1) is 0 Å². The van der Waals surface area contributed by atoms with Gasteiger partial charge in [-0.15, -0.1) is 0 Å². The molecule has 1 aliphatic rings. The monoisotopic (exact) mass is 261 g/mol. The van der Waals surface area contributed by atoms with Gasteiger partial charge in [-0.1, -0.05) is 6.07 Å². The second-order valence-electron chi connectivity index (χ2n) is 5.54. The molecule has 0 bridgehead atoms. The molecular formula is C15H23N3O. The van der Waals surface area contributed by atoms with E-state index in [0.29, 0.717) is 18.9 Å². The molecule has 1 aromatic rings. The normalized spacial score (nSPS) is 18.8. The predicted molar refractivity (Wildman–Crippen MR) is 75.5 cm³/mol. The lowest BCUT2D eigenvalue weighted by Crippen LogP contribution is -2.37. The van der Waals surface area contributed by atoms with Gasteiger partial charge in [-0.25, -0.2) is 0 Å². The minimum absolute atomic E-state index is 0.224. The maximum Gasteiger partial charge on any atom is 0.223 e. The van der Waals surface area contributed by atoms with Crippen molar-refractivity contribution < 1.29 is 4.79 Å². The van der Waals surface area contributed by atoms with Crippen molar-refractivity contribution in [3.63, 3.8) is 0 Å². The number of carbonyl (C=O) groups excluding carboxylic acids is 1. The van der Waals surface area contributed by atoms with Crippen molar-refractivity contribution >= 4 is 5.91 Å². The molecule has 1 aromatic heterocycles. The van der Waals surface area contributed by atoms with Crippen molar-refractivity contribution in [1.29, 1.82) is 0 Å². The molecule has 0 aliphatic carbocycles. The Hall–Kier alpha value is -1.42. The predicted octanol–water partition coefficient (Wildman–Crippen LogP) is 1.82. The van der Waals surface area contributed by atoms with Crippen LogP contribution in [-0.4, -0.2) is 34.9 Å². The lowest BCUT2D eigenvalue weighted by Gasteiger charge is -2.28. The molecule has 0 spiro atoms. The third-order valence-corrected chi connectivity index (χ3v) is 3.65. The fourth-order valence-corrected chi connectivity index (χ4v) is 2.50. The van der Waals surface area contributed by atoms with E-state index < -0.39 is 0 Å². The third-order valence-electron chi connectivity index (χ3n) is 3.65. The lowest BCUT2D eigenvalue weighted by molar-refractivity contribution is -0.134. The molecule has 19 heavy (non-hydrogen) atoms. The van der Waals surface area contributed by atoms with Crippen LogP contribution < -0.4 is 5.32 Å². The molecule has 1 fully saturated rings. The SMILES string of the molecule is CC(C)N(Cc1cccnc1)C(=O)CC1CCNC1. The molecule has 1 aliphatic heterocycles. The van der Waals surface area contributed by atoms with E-state index in [2.05, 4.69) is 24.1 Å². The summed E-state index contributed by atoms with van der Waals surface area (Å²) in [6, 6.07) is 4.16. The highest BCUT2D eigenvalue weighted by atomic mass is 16.2. The Morgan fingerprint density at radius 2 is 2.42 bits per heavy atom. The van der Waals surface area contributed by atoms with E-state index in [4.69, 9.17) is 0 Å². The Morgan fingerprint density at radius 3 is 3.00 bits per heavy atom. The van der Waals surface area contributed by atoms with Crippen molar-refractivity contribution in [3.05, 3.63) is 30.1 Å². The van der Waals surface area contributed by atoms with Gasteiger partial charge < -0.3 is 10.2 Å². The Morgan fingerprint density at radius 1 is 1.58 bits per heavy atom. The number of hydrogen-bond acceptors (Lipinski definition) is 3. The highest BCUT2D eigenvalue weighted by Crippen LogP contribution is 2.16. The number of carbonyl (C=O) groups is 1. The molecule has 2 heterocycles. The minimum Gasteiger partial charge on any atom is -0.336 e. The van der Waals surface area contributed by atoms with Crippen LogP contribution in [-0.2, 0) is 11.3 Å². The van der Waals surface area contributed by atoms with E-state index in [-0.39, 0.29) is 11.9 Å². The van der Waals surface area contributed by atoms with Crippen LogP contribution in [0.2, 0.25) is 0 Å². The average Bonchev–Trinajstić information content (AvgIpc) is 2.89. The summed E-state index contributed by atoms with van der Waals surface area (Å²) in [4.78, 5) is 18.5. The van der Waals surface area contributed by atoms with E-state index >= 15 is 0 Å². The molecule has 0 saturated carbocycles. The summed E-state index contributed by atoms with van der Waals surface area (Å²) in [6.45, 7) is 6.82. The third kappa shape index (κ3) is 4.03. The van der Waals surface area contributed by atoms with Crippen LogP contribution >= 0.6 is 0 Å². The van der Waals surface area contributed by atoms with E-state index in [1.807, 2.05) is 23.2 Å². The first-order valence-electron chi connectivity index (χ1n) is 7.06. The van der Waals surface area contributed by atoms with E-state index in [1.54, 1.807) is 6.20 Å². The van der Waals surface area contributed by atoms with Gasteiger partial charge in [0.15, 0.2) is 0 Å². The number of pyridine rings is 1. The summed E-state index contributed by atoms with van der Waals surface area (Å²) in [5.74, 6) is 0.759. The van der Waals surface area contributed by atoms with E-state index in [1.165, 1.54) is 0 Å². The molecule has 2 rings (SSSR count). The maximum atomic E-state index is 12.4. The van der Waals surface area contributed by atoms with Crippen LogP contribution in [0.15, 0.2) is 24.5 Å². The van der Waals surface area contributed by atoms with Gasteiger partial charge in [0.1, 0.15) is 0 Å². The quantitative estimate of drug-likeness (QED) is 0.879. The first-order valence-corrected chi connectivity index (χ1v) is 7.06.